The maximum atomic E-state index is 12.8. The Kier molecular flexibility index (Phi) is 8.76. The lowest BCUT2D eigenvalue weighted by atomic mass is 9.97. The van der Waals surface area contributed by atoms with Gasteiger partial charge in [0.25, 0.3) is 0 Å². The van der Waals surface area contributed by atoms with E-state index in [1.165, 1.54) is 5.69 Å². The van der Waals surface area contributed by atoms with E-state index in [1.807, 2.05) is 54.4 Å². The smallest absolute Gasteiger partial charge is 0.352 e. The maximum absolute atomic E-state index is 12.8. The molecule has 242 valence electrons. The van der Waals surface area contributed by atoms with E-state index in [4.69, 9.17) is 26.5 Å². The quantitative estimate of drug-likeness (QED) is 0.195. The van der Waals surface area contributed by atoms with Crippen molar-refractivity contribution in [2.45, 2.75) is 62.4 Å². The number of aryl methyl sites for hydroxylation is 4. The zero-order valence-corrected chi connectivity index (χ0v) is 29.2. The van der Waals surface area contributed by atoms with Crippen LogP contribution in [-0.2, 0) is 37.4 Å². The monoisotopic (exact) mass is 685 g/mol. The summed E-state index contributed by atoms with van der Waals surface area (Å²) in [6.07, 6.45) is 0.623. The lowest BCUT2D eigenvalue weighted by molar-refractivity contribution is 0.0684. The zero-order valence-electron chi connectivity index (χ0n) is 26.8. The SMILES string of the molecule is CCn1nc2cc1CSCc1nn(C)c(C)c1-c1c(Cl)ccc3c1c(C)c(C(=O)O)n3CCCOc1cc(cc3ccccc13)SC2. The van der Waals surface area contributed by atoms with Gasteiger partial charge in [0, 0.05) is 86.1 Å². The minimum Gasteiger partial charge on any atom is -0.493 e. The molecular formula is C36H36ClN5O3S2. The summed E-state index contributed by atoms with van der Waals surface area (Å²) in [5, 5.41) is 23.9. The van der Waals surface area contributed by atoms with Gasteiger partial charge in [-0.1, -0.05) is 35.9 Å². The first kappa shape index (κ1) is 31.7. The normalized spacial score (nSPS) is 14.2. The van der Waals surface area contributed by atoms with Crippen LogP contribution in [0, 0.1) is 13.8 Å². The van der Waals surface area contributed by atoms with Crippen LogP contribution in [0.4, 0.5) is 0 Å². The van der Waals surface area contributed by atoms with Crippen molar-refractivity contribution in [2.24, 2.45) is 7.05 Å². The standard InChI is InChI=1S/C36H36ClN5O3S2/c1-5-42-25-16-24(38-42)18-47-26-15-23-9-6-7-10-27(23)31(17-26)45-14-8-13-41-30-12-11-28(37)34(32(30)21(2)35(41)36(43)44)33-22(3)40(4)39-29(33)20-46-19-25/h6-7,9-12,15-17H,5,8,13-14,18-20H2,1-4H3,(H,43,44). The second-order valence-electron chi connectivity index (χ2n) is 11.8. The van der Waals surface area contributed by atoms with Crippen molar-refractivity contribution in [3.63, 3.8) is 0 Å². The molecule has 1 aliphatic rings. The summed E-state index contributed by atoms with van der Waals surface area (Å²) in [7, 11) is 1.94. The van der Waals surface area contributed by atoms with E-state index in [0.717, 1.165) is 78.6 Å². The van der Waals surface area contributed by atoms with Crippen LogP contribution in [-0.4, -0.2) is 41.8 Å². The molecule has 11 heteroatoms. The fraction of sp³-hybridized carbons (Fsp3) is 0.306. The van der Waals surface area contributed by atoms with Crippen molar-refractivity contribution in [2.75, 3.05) is 6.61 Å². The van der Waals surface area contributed by atoms with Crippen LogP contribution >= 0.6 is 35.1 Å². The number of nitrogens with zero attached hydrogens (tertiary/aromatic N) is 5. The van der Waals surface area contributed by atoms with E-state index >= 15 is 0 Å². The Bertz CT molecular complexity index is 2170. The van der Waals surface area contributed by atoms with Crippen molar-refractivity contribution in [1.82, 2.24) is 24.1 Å². The fourth-order valence-electron chi connectivity index (χ4n) is 6.71. The first-order chi connectivity index (χ1) is 22.7. The molecule has 0 atom stereocenters. The highest BCUT2D eigenvalue weighted by atomic mass is 35.5. The average Bonchev–Trinajstić information content (AvgIpc) is 3.68. The lowest BCUT2D eigenvalue weighted by Crippen LogP contribution is -2.12. The number of aromatic nitrogens is 5. The van der Waals surface area contributed by atoms with Gasteiger partial charge in [-0.25, -0.2) is 4.79 Å². The minimum absolute atomic E-state index is 0.274. The molecule has 0 radical (unpaired) electrons. The van der Waals surface area contributed by atoms with Gasteiger partial charge < -0.3 is 14.4 Å². The molecule has 3 aromatic carbocycles. The Morgan fingerprint density at radius 3 is 2.68 bits per heavy atom. The van der Waals surface area contributed by atoms with Gasteiger partial charge in [0.15, 0.2) is 0 Å². The molecule has 0 saturated heterocycles. The number of carboxylic acid groups (broad SMARTS) is 1. The Hall–Kier alpha value is -3.86. The third kappa shape index (κ3) is 5.81. The number of hydrogen-bond acceptors (Lipinski definition) is 6. The third-order valence-electron chi connectivity index (χ3n) is 8.95. The third-order valence-corrected chi connectivity index (χ3v) is 11.3. The number of carboxylic acids is 1. The molecule has 0 fully saturated rings. The summed E-state index contributed by atoms with van der Waals surface area (Å²) in [6, 6.07) is 18.6. The molecule has 8 nitrogen and oxygen atoms in total. The van der Waals surface area contributed by atoms with E-state index in [0.29, 0.717) is 35.9 Å². The molecule has 7 rings (SSSR count). The molecular weight excluding hydrogens is 650 g/mol. The molecule has 0 saturated carbocycles. The van der Waals surface area contributed by atoms with Crippen LogP contribution in [0.25, 0.3) is 32.8 Å². The number of halogens is 1. The predicted molar refractivity (Wildman–Crippen MR) is 192 cm³/mol. The van der Waals surface area contributed by atoms with Gasteiger partial charge in [0.2, 0.25) is 0 Å². The van der Waals surface area contributed by atoms with E-state index < -0.39 is 5.97 Å². The van der Waals surface area contributed by atoms with Gasteiger partial charge in [-0.05, 0) is 68.5 Å². The van der Waals surface area contributed by atoms with E-state index in [9.17, 15) is 9.90 Å². The Morgan fingerprint density at radius 1 is 1.04 bits per heavy atom. The van der Waals surface area contributed by atoms with Crippen LogP contribution < -0.4 is 4.74 Å². The summed E-state index contributed by atoms with van der Waals surface area (Å²) in [6.45, 7) is 7.76. The second-order valence-corrected chi connectivity index (χ2v) is 14.3. The number of rotatable bonds is 2. The fourth-order valence-corrected chi connectivity index (χ4v) is 8.76. The molecule has 0 spiro atoms. The molecule has 1 aliphatic heterocycles. The molecule has 47 heavy (non-hydrogen) atoms. The average molecular weight is 686 g/mol. The maximum Gasteiger partial charge on any atom is 0.352 e. The van der Waals surface area contributed by atoms with Gasteiger partial charge in [-0.3, -0.25) is 9.36 Å². The van der Waals surface area contributed by atoms with Crippen LogP contribution in [0.2, 0.25) is 5.02 Å². The molecule has 4 heterocycles. The Balaban J connectivity index is 1.36. The van der Waals surface area contributed by atoms with Crippen LogP contribution in [0.15, 0.2) is 59.5 Å². The molecule has 6 aromatic rings. The number of thioether (sulfide) groups is 2. The Labute approximate surface area is 287 Å². The summed E-state index contributed by atoms with van der Waals surface area (Å²) >= 11 is 10.6. The molecule has 0 unspecified atom stereocenters. The van der Waals surface area contributed by atoms with E-state index in [1.54, 1.807) is 23.5 Å². The minimum atomic E-state index is -0.961. The van der Waals surface area contributed by atoms with Gasteiger partial charge >= 0.3 is 5.97 Å². The largest absolute Gasteiger partial charge is 0.493 e. The van der Waals surface area contributed by atoms with Gasteiger partial charge in [-0.15, -0.1) is 23.5 Å². The highest BCUT2D eigenvalue weighted by Gasteiger charge is 2.27. The number of ether oxygens (including phenoxy) is 1. The number of benzene rings is 3. The summed E-state index contributed by atoms with van der Waals surface area (Å²) in [4.78, 5) is 13.9. The molecule has 0 aliphatic carbocycles. The molecule has 1 N–H and O–H groups in total. The topological polar surface area (TPSA) is 87.1 Å². The highest BCUT2D eigenvalue weighted by molar-refractivity contribution is 7.98. The predicted octanol–water partition coefficient (Wildman–Crippen LogP) is 8.89. The van der Waals surface area contributed by atoms with E-state index in [-0.39, 0.29) is 5.69 Å². The van der Waals surface area contributed by atoms with Crippen molar-refractivity contribution in [3.8, 4) is 16.9 Å². The zero-order chi connectivity index (χ0) is 32.8. The second kappa shape index (κ2) is 13.0. The highest BCUT2D eigenvalue weighted by Crippen LogP contribution is 2.43. The summed E-state index contributed by atoms with van der Waals surface area (Å²) in [5.74, 6) is 2.07. The number of carbonyl (C=O) groups is 1. The molecule has 0 amide bonds. The van der Waals surface area contributed by atoms with Crippen LogP contribution in [0.3, 0.4) is 0 Å². The summed E-state index contributed by atoms with van der Waals surface area (Å²) < 4.78 is 12.3. The van der Waals surface area contributed by atoms with E-state index in [2.05, 4.69) is 41.9 Å². The number of hydrogen-bond donors (Lipinski definition) is 1. The van der Waals surface area contributed by atoms with Crippen LogP contribution in [0.5, 0.6) is 5.75 Å². The van der Waals surface area contributed by atoms with Crippen LogP contribution in [0.1, 0.15) is 52.2 Å². The first-order valence-corrected chi connectivity index (χ1v) is 18.3. The summed E-state index contributed by atoms with van der Waals surface area (Å²) in [5.41, 5.74) is 7.76. The van der Waals surface area contributed by atoms with Crippen molar-refractivity contribution in [3.05, 3.63) is 93.7 Å². The molecule has 3 aromatic heterocycles. The van der Waals surface area contributed by atoms with Crippen molar-refractivity contribution >= 4 is 62.8 Å². The first-order valence-electron chi connectivity index (χ1n) is 15.7. The Morgan fingerprint density at radius 2 is 1.87 bits per heavy atom. The van der Waals surface area contributed by atoms with Gasteiger partial charge in [0.1, 0.15) is 11.4 Å². The number of aromatic carboxylic acids is 1. The number of fused-ring (bicyclic) bond motifs is 8. The lowest BCUT2D eigenvalue weighted by Gasteiger charge is -2.14. The van der Waals surface area contributed by atoms with Crippen molar-refractivity contribution < 1.29 is 14.6 Å². The van der Waals surface area contributed by atoms with Crippen molar-refractivity contribution in [1.29, 1.82) is 0 Å². The molecule has 8 bridgehead atoms. The van der Waals surface area contributed by atoms with Gasteiger partial charge in [0.05, 0.1) is 18.0 Å². The van der Waals surface area contributed by atoms with Gasteiger partial charge in [-0.2, -0.15) is 10.2 Å².